The highest BCUT2D eigenvalue weighted by molar-refractivity contribution is 5.67. The molecule has 0 aliphatic heterocycles. The van der Waals surface area contributed by atoms with Crippen LogP contribution >= 0.6 is 0 Å². The zero-order chi connectivity index (χ0) is 22.7. The molecule has 4 rings (SSSR count). The van der Waals surface area contributed by atoms with Crippen LogP contribution in [0.5, 0.6) is 0 Å². The summed E-state index contributed by atoms with van der Waals surface area (Å²) in [7, 11) is 0. The third kappa shape index (κ3) is 6.62. The maximum atomic E-state index is 9.63. The van der Waals surface area contributed by atoms with E-state index in [1.807, 2.05) is 6.07 Å². The summed E-state index contributed by atoms with van der Waals surface area (Å²) in [6.45, 7) is 2.27. The molecule has 4 aromatic rings. The molecule has 0 aliphatic rings. The van der Waals surface area contributed by atoms with E-state index in [-0.39, 0.29) is 12.6 Å². The molecule has 0 unspecified atom stereocenters. The van der Waals surface area contributed by atoms with Crippen molar-refractivity contribution in [3.05, 3.63) is 132 Å². The Bertz CT molecular complexity index is 1080. The van der Waals surface area contributed by atoms with Gasteiger partial charge in [0.1, 0.15) is 0 Å². The highest BCUT2D eigenvalue weighted by atomic mass is 16.3. The predicted molar refractivity (Wildman–Crippen MR) is 137 cm³/mol. The highest BCUT2D eigenvalue weighted by Gasteiger charge is 2.16. The van der Waals surface area contributed by atoms with Gasteiger partial charge in [0.15, 0.2) is 0 Å². The quantitative estimate of drug-likeness (QED) is 0.297. The lowest BCUT2D eigenvalue weighted by Gasteiger charge is -2.27. The molecule has 0 spiro atoms. The van der Waals surface area contributed by atoms with Crippen LogP contribution in [0.2, 0.25) is 0 Å². The Morgan fingerprint density at radius 2 is 1.30 bits per heavy atom. The molecule has 2 N–H and O–H groups in total. The van der Waals surface area contributed by atoms with Crippen molar-refractivity contribution in [2.24, 2.45) is 0 Å². The first-order valence-corrected chi connectivity index (χ1v) is 11.6. The Balaban J connectivity index is 1.54. The summed E-state index contributed by atoms with van der Waals surface area (Å²) in [6.07, 6.45) is 0.882. The van der Waals surface area contributed by atoms with E-state index in [4.69, 9.17) is 0 Å². The van der Waals surface area contributed by atoms with Crippen LogP contribution in [-0.2, 0) is 13.0 Å². The lowest BCUT2D eigenvalue weighted by Crippen LogP contribution is -2.38. The van der Waals surface area contributed by atoms with Gasteiger partial charge in [-0.05, 0) is 34.2 Å². The molecular formula is C30H32N2O. The molecule has 0 aromatic heterocycles. The van der Waals surface area contributed by atoms with Crippen LogP contribution in [0.25, 0.3) is 11.1 Å². The average molecular weight is 437 g/mol. The molecule has 0 saturated carbocycles. The fraction of sp³-hybridized carbons (Fsp3) is 0.200. The molecule has 0 amide bonds. The Kier molecular flexibility index (Phi) is 8.42. The minimum atomic E-state index is 0.140. The number of benzene rings is 4. The largest absolute Gasteiger partial charge is 0.395 e. The van der Waals surface area contributed by atoms with Crippen molar-refractivity contribution in [2.45, 2.75) is 19.0 Å². The van der Waals surface area contributed by atoms with Crippen molar-refractivity contribution in [1.82, 2.24) is 10.2 Å². The molecule has 168 valence electrons. The molecule has 0 aliphatic carbocycles. The first kappa shape index (κ1) is 22.9. The topological polar surface area (TPSA) is 35.5 Å². The first-order chi connectivity index (χ1) is 16.3. The smallest absolute Gasteiger partial charge is 0.0559 e. The maximum absolute atomic E-state index is 9.63. The zero-order valence-electron chi connectivity index (χ0n) is 19.0. The van der Waals surface area contributed by atoms with E-state index >= 15 is 0 Å². The standard InChI is InChI=1S/C30H32N2O/c33-21-20-32(23-25-12-4-1-5-13-25)24-31-30(27-16-8-3-9-17-27)22-28-18-10-11-19-29(28)26-14-6-2-7-15-26/h1-19,30-31,33H,20-24H2/t30-/m0/s1. The van der Waals surface area contributed by atoms with E-state index in [9.17, 15) is 5.11 Å². The summed E-state index contributed by atoms with van der Waals surface area (Å²) >= 11 is 0. The summed E-state index contributed by atoms with van der Waals surface area (Å²) in [5.74, 6) is 0. The van der Waals surface area contributed by atoms with Gasteiger partial charge in [0, 0.05) is 25.8 Å². The van der Waals surface area contributed by atoms with Crippen LogP contribution in [0.15, 0.2) is 115 Å². The van der Waals surface area contributed by atoms with Gasteiger partial charge in [-0.1, -0.05) is 115 Å². The molecular weight excluding hydrogens is 404 g/mol. The van der Waals surface area contributed by atoms with Crippen LogP contribution in [0.1, 0.15) is 22.7 Å². The van der Waals surface area contributed by atoms with Gasteiger partial charge in [-0.3, -0.25) is 10.2 Å². The molecule has 0 bridgehead atoms. The number of rotatable bonds is 11. The van der Waals surface area contributed by atoms with Crippen molar-refractivity contribution < 1.29 is 5.11 Å². The third-order valence-electron chi connectivity index (χ3n) is 5.95. The van der Waals surface area contributed by atoms with Gasteiger partial charge in [-0.25, -0.2) is 0 Å². The first-order valence-electron chi connectivity index (χ1n) is 11.6. The maximum Gasteiger partial charge on any atom is 0.0559 e. The summed E-state index contributed by atoms with van der Waals surface area (Å²) in [6, 6.07) is 40.5. The van der Waals surface area contributed by atoms with Gasteiger partial charge in [0.2, 0.25) is 0 Å². The summed E-state index contributed by atoms with van der Waals surface area (Å²) in [5, 5.41) is 13.4. The fourth-order valence-electron chi connectivity index (χ4n) is 4.25. The molecule has 1 atom stereocenters. The summed E-state index contributed by atoms with van der Waals surface area (Å²) in [5.41, 5.74) is 6.35. The third-order valence-corrected chi connectivity index (χ3v) is 5.95. The number of nitrogens with zero attached hydrogens (tertiary/aromatic N) is 1. The van der Waals surface area contributed by atoms with E-state index < -0.39 is 0 Å². The van der Waals surface area contributed by atoms with Crippen molar-refractivity contribution in [1.29, 1.82) is 0 Å². The number of hydrogen-bond acceptors (Lipinski definition) is 3. The Hall–Kier alpha value is -3.24. The van der Waals surface area contributed by atoms with Crippen LogP contribution in [0.4, 0.5) is 0 Å². The molecule has 4 aromatic carbocycles. The van der Waals surface area contributed by atoms with E-state index in [0.29, 0.717) is 13.2 Å². The number of aliphatic hydroxyl groups is 1. The van der Waals surface area contributed by atoms with Gasteiger partial charge in [0.25, 0.3) is 0 Å². The van der Waals surface area contributed by atoms with Gasteiger partial charge in [0.05, 0.1) is 6.61 Å². The van der Waals surface area contributed by atoms with E-state index in [0.717, 1.165) is 13.0 Å². The van der Waals surface area contributed by atoms with Gasteiger partial charge >= 0.3 is 0 Å². The average Bonchev–Trinajstić information content (AvgIpc) is 2.88. The van der Waals surface area contributed by atoms with Gasteiger partial charge in [-0.2, -0.15) is 0 Å². The number of hydrogen-bond donors (Lipinski definition) is 2. The molecule has 3 nitrogen and oxygen atoms in total. The fourth-order valence-corrected chi connectivity index (χ4v) is 4.25. The van der Waals surface area contributed by atoms with Crippen LogP contribution in [-0.4, -0.2) is 29.8 Å². The molecule has 0 fully saturated rings. The molecule has 33 heavy (non-hydrogen) atoms. The van der Waals surface area contributed by atoms with Gasteiger partial charge in [-0.15, -0.1) is 0 Å². The van der Waals surface area contributed by atoms with Gasteiger partial charge < -0.3 is 5.11 Å². The van der Waals surface area contributed by atoms with E-state index in [1.54, 1.807) is 0 Å². The molecule has 0 radical (unpaired) electrons. The normalized spacial score (nSPS) is 12.1. The van der Waals surface area contributed by atoms with Crippen LogP contribution in [0, 0.1) is 0 Å². The Morgan fingerprint density at radius 1 is 0.697 bits per heavy atom. The second-order valence-electron chi connectivity index (χ2n) is 8.31. The highest BCUT2D eigenvalue weighted by Crippen LogP contribution is 2.28. The monoisotopic (exact) mass is 436 g/mol. The van der Waals surface area contributed by atoms with Crippen LogP contribution < -0.4 is 5.32 Å². The second-order valence-corrected chi connectivity index (χ2v) is 8.31. The summed E-state index contributed by atoms with van der Waals surface area (Å²) in [4.78, 5) is 2.26. The second kappa shape index (κ2) is 12.1. The van der Waals surface area contributed by atoms with Crippen LogP contribution in [0.3, 0.4) is 0 Å². The molecule has 3 heteroatoms. The lowest BCUT2D eigenvalue weighted by atomic mass is 9.92. The molecule has 0 heterocycles. The minimum absolute atomic E-state index is 0.140. The Labute approximate surface area is 197 Å². The number of aliphatic hydroxyl groups excluding tert-OH is 1. The van der Waals surface area contributed by atoms with E-state index in [2.05, 4.69) is 119 Å². The number of nitrogens with one attached hydrogen (secondary N) is 1. The van der Waals surface area contributed by atoms with Crippen molar-refractivity contribution in [2.75, 3.05) is 19.8 Å². The zero-order valence-corrected chi connectivity index (χ0v) is 19.0. The van der Waals surface area contributed by atoms with Crippen molar-refractivity contribution >= 4 is 0 Å². The van der Waals surface area contributed by atoms with Crippen molar-refractivity contribution in [3.63, 3.8) is 0 Å². The summed E-state index contributed by atoms with van der Waals surface area (Å²) < 4.78 is 0. The minimum Gasteiger partial charge on any atom is -0.395 e. The lowest BCUT2D eigenvalue weighted by molar-refractivity contribution is 0.173. The van der Waals surface area contributed by atoms with Crippen molar-refractivity contribution in [3.8, 4) is 11.1 Å². The predicted octanol–water partition coefficient (Wildman–Crippen LogP) is 5.68. The molecule has 0 saturated heterocycles. The SMILES string of the molecule is OCCN(CN[C@@H](Cc1ccccc1-c1ccccc1)c1ccccc1)Cc1ccccc1. The Morgan fingerprint density at radius 3 is 2.00 bits per heavy atom. The van der Waals surface area contributed by atoms with E-state index in [1.165, 1.54) is 27.8 Å².